The van der Waals surface area contributed by atoms with E-state index in [-0.39, 0.29) is 11.8 Å². The Morgan fingerprint density at radius 3 is 1.96 bits per heavy atom. The number of rotatable bonds is 6. The second-order valence-corrected chi connectivity index (χ2v) is 5.24. The molecule has 0 radical (unpaired) electrons. The lowest BCUT2D eigenvalue weighted by Gasteiger charge is -2.18. The van der Waals surface area contributed by atoms with Gasteiger partial charge in [-0.2, -0.15) is 0 Å². The summed E-state index contributed by atoms with van der Waals surface area (Å²) in [6.07, 6.45) is 0. The molecule has 0 saturated heterocycles. The first-order valence-corrected chi connectivity index (χ1v) is 7.93. The van der Waals surface area contributed by atoms with Crippen LogP contribution < -0.4 is 10.1 Å². The van der Waals surface area contributed by atoms with Gasteiger partial charge in [0, 0.05) is 29.9 Å². The fraction of sp³-hybridized carbons (Fsp3) is 0.263. The first-order valence-electron chi connectivity index (χ1n) is 7.93. The van der Waals surface area contributed by atoms with E-state index < -0.39 is 0 Å². The van der Waals surface area contributed by atoms with Gasteiger partial charge in [0.25, 0.3) is 11.8 Å². The molecular formula is C19H22N2O3. The van der Waals surface area contributed by atoms with Crippen LogP contribution in [0.5, 0.6) is 5.75 Å². The molecule has 0 heterocycles. The van der Waals surface area contributed by atoms with Crippen LogP contribution in [-0.2, 0) is 0 Å². The van der Waals surface area contributed by atoms with Gasteiger partial charge in [0.15, 0.2) is 0 Å². The molecule has 1 N–H and O–H groups in total. The predicted octanol–water partition coefficient (Wildman–Crippen LogP) is 3.43. The van der Waals surface area contributed by atoms with Gasteiger partial charge in [-0.15, -0.1) is 0 Å². The number of hydrogen-bond donors (Lipinski definition) is 1. The number of anilines is 1. The van der Waals surface area contributed by atoms with Gasteiger partial charge in [0.1, 0.15) is 5.75 Å². The monoisotopic (exact) mass is 326 g/mol. The summed E-state index contributed by atoms with van der Waals surface area (Å²) in [4.78, 5) is 26.3. The number of hydrogen-bond acceptors (Lipinski definition) is 3. The van der Waals surface area contributed by atoms with Crippen molar-refractivity contribution in [3.05, 3.63) is 59.7 Å². The lowest BCUT2D eigenvalue weighted by atomic mass is 10.1. The molecule has 0 aliphatic heterocycles. The van der Waals surface area contributed by atoms with E-state index in [1.165, 1.54) is 0 Å². The Balaban J connectivity index is 2.06. The van der Waals surface area contributed by atoms with Crippen LogP contribution in [0.25, 0.3) is 0 Å². The van der Waals surface area contributed by atoms with Crippen LogP contribution in [0.4, 0.5) is 5.69 Å². The molecule has 0 aliphatic rings. The third kappa shape index (κ3) is 4.13. The smallest absolute Gasteiger partial charge is 0.255 e. The van der Waals surface area contributed by atoms with E-state index in [0.717, 1.165) is 5.75 Å². The summed E-state index contributed by atoms with van der Waals surface area (Å²) in [5.74, 6) is 0.483. The van der Waals surface area contributed by atoms with Crippen molar-refractivity contribution >= 4 is 17.5 Å². The number of carbonyl (C=O) groups excluding carboxylic acids is 2. The first-order chi connectivity index (χ1) is 11.6. The Morgan fingerprint density at radius 1 is 0.917 bits per heavy atom. The van der Waals surface area contributed by atoms with Crippen molar-refractivity contribution < 1.29 is 14.3 Å². The maximum absolute atomic E-state index is 12.3. The molecule has 0 unspecified atom stereocenters. The van der Waals surface area contributed by atoms with Crippen molar-refractivity contribution in [2.75, 3.05) is 25.5 Å². The van der Waals surface area contributed by atoms with Gasteiger partial charge in [-0.05, 0) is 62.4 Å². The zero-order valence-corrected chi connectivity index (χ0v) is 14.2. The van der Waals surface area contributed by atoms with Gasteiger partial charge in [-0.1, -0.05) is 0 Å². The third-order valence-corrected chi connectivity index (χ3v) is 3.79. The molecule has 0 aromatic heterocycles. The highest BCUT2D eigenvalue weighted by atomic mass is 16.5. The number of benzene rings is 2. The van der Waals surface area contributed by atoms with Gasteiger partial charge in [0.2, 0.25) is 0 Å². The van der Waals surface area contributed by atoms with Crippen molar-refractivity contribution in [2.45, 2.75) is 13.8 Å². The highest BCUT2D eigenvalue weighted by molar-refractivity contribution is 6.05. The molecule has 2 aromatic carbocycles. The molecule has 24 heavy (non-hydrogen) atoms. The summed E-state index contributed by atoms with van der Waals surface area (Å²) in [5, 5.41) is 2.81. The van der Waals surface area contributed by atoms with E-state index in [9.17, 15) is 9.59 Å². The average Bonchev–Trinajstić information content (AvgIpc) is 2.63. The highest BCUT2D eigenvalue weighted by Gasteiger charge is 2.13. The van der Waals surface area contributed by atoms with Crippen molar-refractivity contribution in [3.8, 4) is 5.75 Å². The predicted molar refractivity (Wildman–Crippen MR) is 94.6 cm³/mol. The molecule has 2 aromatic rings. The molecule has 0 atom stereocenters. The lowest BCUT2D eigenvalue weighted by Crippen LogP contribution is -2.30. The quantitative estimate of drug-likeness (QED) is 0.885. The summed E-state index contributed by atoms with van der Waals surface area (Å²) in [6.45, 7) is 5.21. The van der Waals surface area contributed by atoms with Crippen molar-refractivity contribution in [3.63, 3.8) is 0 Å². The SMILES string of the molecule is CCN(CC)C(=O)c1ccc(C(=O)Nc2ccc(OC)cc2)cc1. The summed E-state index contributed by atoms with van der Waals surface area (Å²) in [5.41, 5.74) is 1.77. The maximum atomic E-state index is 12.3. The van der Waals surface area contributed by atoms with Crippen LogP contribution in [0, 0.1) is 0 Å². The Morgan fingerprint density at radius 2 is 1.46 bits per heavy atom. The van der Waals surface area contributed by atoms with E-state index in [2.05, 4.69) is 5.32 Å². The normalized spacial score (nSPS) is 10.1. The second-order valence-electron chi connectivity index (χ2n) is 5.24. The average molecular weight is 326 g/mol. The Labute approximate surface area is 142 Å². The minimum atomic E-state index is -0.220. The van der Waals surface area contributed by atoms with E-state index in [1.54, 1.807) is 60.5 Å². The fourth-order valence-electron chi connectivity index (χ4n) is 2.34. The van der Waals surface area contributed by atoms with E-state index in [1.807, 2.05) is 13.8 Å². The topological polar surface area (TPSA) is 58.6 Å². The van der Waals surface area contributed by atoms with Gasteiger partial charge in [-0.25, -0.2) is 0 Å². The van der Waals surface area contributed by atoms with Crippen LogP contribution in [0.1, 0.15) is 34.6 Å². The largest absolute Gasteiger partial charge is 0.497 e. The first kappa shape index (κ1) is 17.5. The Kier molecular flexibility index (Phi) is 5.95. The van der Waals surface area contributed by atoms with Crippen LogP contribution >= 0.6 is 0 Å². The fourth-order valence-corrected chi connectivity index (χ4v) is 2.34. The summed E-state index contributed by atoms with van der Waals surface area (Å²) < 4.78 is 5.08. The molecule has 0 aliphatic carbocycles. The number of methoxy groups -OCH3 is 1. The summed E-state index contributed by atoms with van der Waals surface area (Å²) >= 11 is 0. The zero-order valence-electron chi connectivity index (χ0n) is 14.2. The molecule has 2 rings (SSSR count). The molecule has 126 valence electrons. The van der Waals surface area contributed by atoms with Crippen LogP contribution in [0.2, 0.25) is 0 Å². The Hall–Kier alpha value is -2.82. The standard InChI is InChI=1S/C19H22N2O3/c1-4-21(5-2)19(23)15-8-6-14(7-9-15)18(22)20-16-10-12-17(24-3)13-11-16/h6-13H,4-5H2,1-3H3,(H,20,22). The molecule has 0 saturated carbocycles. The van der Waals surface area contributed by atoms with Crippen LogP contribution in [0.15, 0.2) is 48.5 Å². The van der Waals surface area contributed by atoms with E-state index in [0.29, 0.717) is 29.9 Å². The number of ether oxygens (including phenoxy) is 1. The van der Waals surface area contributed by atoms with Gasteiger partial charge < -0.3 is 15.0 Å². The van der Waals surface area contributed by atoms with Gasteiger partial charge in [0.05, 0.1) is 7.11 Å². The van der Waals surface area contributed by atoms with Gasteiger partial charge in [-0.3, -0.25) is 9.59 Å². The zero-order chi connectivity index (χ0) is 17.5. The minimum absolute atomic E-state index is 0.0258. The summed E-state index contributed by atoms with van der Waals surface area (Å²) in [7, 11) is 1.59. The van der Waals surface area contributed by atoms with Crippen molar-refractivity contribution in [1.29, 1.82) is 0 Å². The van der Waals surface area contributed by atoms with Gasteiger partial charge >= 0.3 is 0 Å². The highest BCUT2D eigenvalue weighted by Crippen LogP contribution is 2.16. The molecular weight excluding hydrogens is 304 g/mol. The molecule has 0 spiro atoms. The number of carbonyl (C=O) groups is 2. The summed E-state index contributed by atoms with van der Waals surface area (Å²) in [6, 6.07) is 13.8. The molecule has 2 amide bonds. The second kappa shape index (κ2) is 8.15. The molecule has 0 fully saturated rings. The number of nitrogens with zero attached hydrogens (tertiary/aromatic N) is 1. The molecule has 0 bridgehead atoms. The van der Waals surface area contributed by atoms with Crippen LogP contribution in [-0.4, -0.2) is 36.9 Å². The Bertz CT molecular complexity index is 690. The minimum Gasteiger partial charge on any atom is -0.497 e. The molecule has 5 nitrogen and oxygen atoms in total. The van der Waals surface area contributed by atoms with Crippen molar-refractivity contribution in [1.82, 2.24) is 4.90 Å². The van der Waals surface area contributed by atoms with E-state index in [4.69, 9.17) is 4.74 Å². The van der Waals surface area contributed by atoms with Crippen molar-refractivity contribution in [2.24, 2.45) is 0 Å². The lowest BCUT2D eigenvalue weighted by molar-refractivity contribution is 0.0772. The third-order valence-electron chi connectivity index (χ3n) is 3.79. The van der Waals surface area contributed by atoms with Crippen LogP contribution in [0.3, 0.4) is 0 Å². The van der Waals surface area contributed by atoms with E-state index >= 15 is 0 Å². The number of amides is 2. The number of nitrogens with one attached hydrogen (secondary N) is 1. The molecule has 5 heteroatoms. The maximum Gasteiger partial charge on any atom is 0.255 e.